The second kappa shape index (κ2) is 28.7. The van der Waals surface area contributed by atoms with Crippen molar-refractivity contribution in [3.63, 3.8) is 0 Å². The summed E-state index contributed by atoms with van der Waals surface area (Å²) < 4.78 is 118. The van der Waals surface area contributed by atoms with E-state index in [0.717, 1.165) is 24.3 Å². The average Bonchev–Trinajstić information content (AvgIpc) is 1.73. The molecule has 4 aliphatic heterocycles. The molecule has 0 unspecified atom stereocenters. The SMILES string of the molecule is Cc1nc([C@@H]2O[C@@H]3CO[C@H](c4ccccc4)O[C@@H]3[C@H](n3cc(-c4cc(F)c(Cl)c(F)c4)nn3)[C@H]2OC(=O)NCCCNC(=O)O[C@@H]2[C@@H](n3cc(-c4cc(F)c(Cl)c(F)c4)nn3)[C@H]3O[C@@H](c4ccccc4)OC[C@H]3O[C@H]2c2nc(C)nn2-c2cc(Cl)ccc2Cl)n(-c2cc(Cl)ccc2Cl)n1. The molecule has 4 saturated heterocycles. The van der Waals surface area contributed by atoms with Crippen LogP contribution in [0.3, 0.4) is 0 Å². The zero-order valence-corrected chi connectivity index (χ0v) is 55.9. The summed E-state index contributed by atoms with van der Waals surface area (Å²) in [6, 6.07) is 29.2. The number of nitrogens with one attached hydrogen (secondary N) is 2. The Morgan fingerprint density at radius 3 is 1.32 bits per heavy atom. The zero-order valence-electron chi connectivity index (χ0n) is 51.4. The molecular weight excluding hydrogens is 1430 g/mol. The van der Waals surface area contributed by atoms with Crippen LogP contribution in [-0.2, 0) is 37.9 Å². The van der Waals surface area contributed by atoms with Crippen LogP contribution in [0.2, 0.25) is 30.1 Å². The van der Waals surface area contributed by atoms with Gasteiger partial charge < -0.3 is 48.5 Å². The summed E-state index contributed by atoms with van der Waals surface area (Å²) in [4.78, 5) is 38.8. The molecule has 0 spiro atoms. The Kier molecular flexibility index (Phi) is 19.7. The Bertz CT molecular complexity index is 4330. The highest BCUT2D eigenvalue weighted by molar-refractivity contribution is 6.35. The van der Waals surface area contributed by atoms with Crippen LogP contribution in [0.4, 0.5) is 27.2 Å². The summed E-state index contributed by atoms with van der Waals surface area (Å²) in [5.41, 5.74) is 1.85. The van der Waals surface area contributed by atoms with Gasteiger partial charge in [-0.25, -0.2) is 55.8 Å². The predicted molar refractivity (Wildman–Crippen MR) is 347 cm³/mol. The van der Waals surface area contributed by atoms with Crippen molar-refractivity contribution in [3.8, 4) is 33.9 Å². The first-order valence-corrected chi connectivity index (χ1v) is 32.8. The number of aromatic nitrogens is 12. The molecule has 8 heterocycles. The van der Waals surface area contributed by atoms with Crippen molar-refractivity contribution in [2.24, 2.45) is 0 Å². The number of carbonyl (C=O) groups excluding carboxylic acids is 2. The topological polar surface area (TPSA) is 255 Å². The molecule has 4 fully saturated rings. The van der Waals surface area contributed by atoms with Gasteiger partial charge in [-0.05, 0) is 80.9 Å². The number of amides is 2. The number of hydrogen-bond donors (Lipinski definition) is 2. The molecule has 12 atom stereocenters. The lowest BCUT2D eigenvalue weighted by Crippen LogP contribution is -2.58. The van der Waals surface area contributed by atoms with Crippen molar-refractivity contribution >= 4 is 81.8 Å². The number of benzene rings is 6. The van der Waals surface area contributed by atoms with Gasteiger partial charge in [0, 0.05) is 45.4 Å². The minimum atomic E-state index is -1.47. The molecule has 14 rings (SSSR count). The van der Waals surface area contributed by atoms with Crippen LogP contribution in [0.5, 0.6) is 0 Å². The molecule has 4 aliphatic rings. The molecular formula is C65H52Cl6F4N14O10. The summed E-state index contributed by atoms with van der Waals surface area (Å²) in [6.07, 6.45) is -10.7. The number of fused-ring (bicyclic) bond motifs is 2. The first-order chi connectivity index (χ1) is 47.8. The fourth-order valence-electron chi connectivity index (χ4n) is 12.2. The third-order valence-electron chi connectivity index (χ3n) is 16.7. The lowest BCUT2D eigenvalue weighted by Gasteiger charge is -2.48. The Morgan fingerprint density at radius 1 is 0.535 bits per heavy atom. The van der Waals surface area contributed by atoms with E-state index >= 15 is 17.6 Å². The van der Waals surface area contributed by atoms with Gasteiger partial charge in [0.15, 0.2) is 48.6 Å². The van der Waals surface area contributed by atoms with Gasteiger partial charge in [0.25, 0.3) is 0 Å². The van der Waals surface area contributed by atoms with E-state index in [2.05, 4.69) is 41.5 Å². The highest BCUT2D eigenvalue weighted by Crippen LogP contribution is 2.49. The number of rotatable bonds is 16. The average molecular weight is 1480 g/mol. The Morgan fingerprint density at radius 2 is 0.929 bits per heavy atom. The number of halogens is 10. The Hall–Kier alpha value is -8.36. The maximum absolute atomic E-state index is 15.0. The monoisotopic (exact) mass is 1470 g/mol. The van der Waals surface area contributed by atoms with Crippen LogP contribution >= 0.6 is 69.6 Å². The molecule has 24 nitrogen and oxygen atoms in total. The molecule has 2 N–H and O–H groups in total. The van der Waals surface area contributed by atoms with Crippen molar-refractivity contribution in [2.75, 3.05) is 26.3 Å². The highest BCUT2D eigenvalue weighted by Gasteiger charge is 2.57. The van der Waals surface area contributed by atoms with Crippen LogP contribution < -0.4 is 10.6 Å². The van der Waals surface area contributed by atoms with Gasteiger partial charge in [-0.15, -0.1) is 10.2 Å². The number of alkyl carbamates (subject to hydrolysis) is 2. The molecule has 6 aromatic carbocycles. The number of hydrogen-bond acceptors (Lipinski definition) is 18. The van der Waals surface area contributed by atoms with Gasteiger partial charge in [-0.3, -0.25) is 0 Å². The van der Waals surface area contributed by atoms with E-state index < -0.39 is 119 Å². The lowest BCUT2D eigenvalue weighted by atomic mass is 9.90. The largest absolute Gasteiger partial charge is 0.441 e. The van der Waals surface area contributed by atoms with E-state index in [1.165, 1.54) is 31.1 Å². The van der Waals surface area contributed by atoms with Crippen molar-refractivity contribution in [1.82, 2.24) is 70.2 Å². The zero-order chi connectivity index (χ0) is 68.9. The number of nitrogens with zero attached hydrogens (tertiary/aromatic N) is 12. The van der Waals surface area contributed by atoms with Crippen molar-refractivity contribution < 1.29 is 65.0 Å². The van der Waals surface area contributed by atoms with Gasteiger partial charge in [-0.1, -0.05) is 141 Å². The molecule has 10 aromatic rings. The van der Waals surface area contributed by atoms with Crippen molar-refractivity contribution in [3.05, 3.63) is 222 Å². The van der Waals surface area contributed by atoms with E-state index in [4.69, 9.17) is 117 Å². The van der Waals surface area contributed by atoms with Crippen LogP contribution in [0.25, 0.3) is 33.9 Å². The van der Waals surface area contributed by atoms with E-state index in [1.807, 2.05) is 12.1 Å². The fourth-order valence-corrected chi connectivity index (χ4v) is 13.2. The molecule has 0 saturated carbocycles. The summed E-state index contributed by atoms with van der Waals surface area (Å²) in [5.74, 6) is -3.49. The Balaban J connectivity index is 0.761. The second-order valence-corrected chi connectivity index (χ2v) is 25.6. The number of carbonyl (C=O) groups is 2. The third kappa shape index (κ3) is 14.0. The minimum Gasteiger partial charge on any atom is -0.441 e. The van der Waals surface area contributed by atoms with Gasteiger partial charge >= 0.3 is 12.2 Å². The molecule has 4 aromatic heterocycles. The first kappa shape index (κ1) is 67.8. The van der Waals surface area contributed by atoms with Gasteiger partial charge in [0.05, 0.1) is 47.0 Å². The fraction of sp³-hybridized carbons (Fsp3) is 0.292. The van der Waals surface area contributed by atoms with Gasteiger partial charge in [0.2, 0.25) is 0 Å². The maximum atomic E-state index is 15.0. The van der Waals surface area contributed by atoms with Gasteiger partial charge in [0.1, 0.15) is 92.9 Å². The first-order valence-electron chi connectivity index (χ1n) is 30.6. The van der Waals surface area contributed by atoms with E-state index in [-0.39, 0.29) is 88.6 Å². The van der Waals surface area contributed by atoms with Crippen LogP contribution in [0.15, 0.2) is 134 Å². The van der Waals surface area contributed by atoms with Crippen LogP contribution in [-0.4, -0.2) is 135 Å². The molecule has 0 radical (unpaired) electrons. The molecule has 0 bridgehead atoms. The van der Waals surface area contributed by atoms with E-state index in [0.29, 0.717) is 32.5 Å². The van der Waals surface area contributed by atoms with E-state index in [9.17, 15) is 9.59 Å². The Labute approximate surface area is 589 Å². The predicted octanol–water partition coefficient (Wildman–Crippen LogP) is 13.3. The number of ether oxygens (including phenoxy) is 8. The quantitative estimate of drug-likeness (QED) is 0.0518. The highest BCUT2D eigenvalue weighted by atomic mass is 35.5. The third-order valence-corrected chi connectivity index (χ3v) is 18.5. The maximum Gasteiger partial charge on any atom is 0.407 e. The molecule has 0 aliphatic carbocycles. The summed E-state index contributed by atoms with van der Waals surface area (Å²) >= 11 is 38.4. The van der Waals surface area contributed by atoms with E-state index in [1.54, 1.807) is 98.8 Å². The normalized spacial score (nSPS) is 23.6. The van der Waals surface area contributed by atoms with Crippen LogP contribution in [0, 0.1) is 37.1 Å². The summed E-state index contributed by atoms with van der Waals surface area (Å²) in [5, 5.41) is 32.0. The number of aryl methyl sites for hydroxylation is 2. The molecule has 99 heavy (non-hydrogen) atoms. The standard InChI is InChI=1S/C65H52Cl6F4N14O10/c1-30-78-60(88(82-30)46-24-36(66)14-16-38(46)68)58-56(52(54-48(94-58)28-92-62(96-54)32-10-5-3-6-11-32)86-26-44(80-84-86)34-20-40(72)50(70)41(73)21-34)98-64(90)76-18-9-19-77-65(91)99-57-53(87-27-45(81-85-87)35-22-42(74)51(71)43(75)23-35)55-49(29-93-63(97-55)33-12-7-4-8-13-33)95-59(57)61-79-31(2)83-89(61)47-25-37(67)15-17-39(47)69/h3-8,10-17,20-27,48-49,52-59,62-63H,9,18-19,28-29H2,1-2H3,(H,76,90)(H,77,91)/t48-,49-,52+,53+,54+,55+,56-,57-,58-,59-,62+,63+/m1/s1. The molecule has 34 heteroatoms. The van der Waals surface area contributed by atoms with Crippen LogP contribution in [0.1, 0.15) is 77.7 Å². The summed E-state index contributed by atoms with van der Waals surface area (Å²) in [7, 11) is 0. The lowest BCUT2D eigenvalue weighted by molar-refractivity contribution is -0.318. The minimum absolute atomic E-state index is 0.00713. The second-order valence-electron chi connectivity index (χ2n) is 23.2. The van der Waals surface area contributed by atoms with Crippen molar-refractivity contribution in [1.29, 1.82) is 0 Å². The van der Waals surface area contributed by atoms with Crippen molar-refractivity contribution in [2.45, 2.75) is 93.8 Å². The molecule has 512 valence electrons. The summed E-state index contributed by atoms with van der Waals surface area (Å²) in [6.45, 7) is 2.83. The van der Waals surface area contributed by atoms with Gasteiger partial charge in [-0.2, -0.15) is 10.2 Å². The smallest absolute Gasteiger partial charge is 0.407 e. The molecule has 2 amide bonds.